The van der Waals surface area contributed by atoms with Crippen LogP contribution in [0.4, 0.5) is 5.69 Å². The topological polar surface area (TPSA) is 24.9 Å². The highest BCUT2D eigenvalue weighted by molar-refractivity contribution is 5.94. The maximum Gasteiger partial charge on any atom is 0.0506 e. The fraction of sp³-hybridized carbons (Fsp3) is 0.194. The maximum atomic E-state index is 4.48. The molecule has 0 radical (unpaired) electrons. The number of aromatic nitrogens is 1. The third-order valence-electron chi connectivity index (χ3n) is 6.48. The van der Waals surface area contributed by atoms with Crippen LogP contribution in [-0.2, 0) is 5.41 Å². The van der Waals surface area contributed by atoms with Crippen LogP contribution in [0.15, 0.2) is 104 Å². The Labute approximate surface area is 198 Å². The molecule has 1 aromatic heterocycles. The number of nitrogens with zero attached hydrogens (tertiary/aromatic N) is 1. The SMILES string of the molecule is C=C(/C=C\C)c1c(NC)ccc2c1C(C/C=C\C=C/CC)(c1ccncc1)c1ccccc1-2. The van der Waals surface area contributed by atoms with Crippen molar-refractivity contribution >= 4 is 11.3 Å². The van der Waals surface area contributed by atoms with Crippen molar-refractivity contribution in [1.82, 2.24) is 4.98 Å². The quantitative estimate of drug-likeness (QED) is 0.365. The molecule has 2 aromatic carbocycles. The summed E-state index contributed by atoms with van der Waals surface area (Å²) < 4.78 is 0. The van der Waals surface area contributed by atoms with Gasteiger partial charge >= 0.3 is 0 Å². The summed E-state index contributed by atoms with van der Waals surface area (Å²) in [5.41, 5.74) is 9.41. The first kappa shape index (κ1) is 22.5. The van der Waals surface area contributed by atoms with Crippen LogP contribution in [0.25, 0.3) is 16.7 Å². The van der Waals surface area contributed by atoms with Gasteiger partial charge in [-0.1, -0.05) is 80.3 Å². The molecule has 166 valence electrons. The molecule has 1 aliphatic carbocycles. The van der Waals surface area contributed by atoms with Crippen molar-refractivity contribution in [3.05, 3.63) is 126 Å². The molecule has 1 aliphatic rings. The van der Waals surface area contributed by atoms with Gasteiger partial charge in [-0.3, -0.25) is 4.98 Å². The molecular formula is C31H32N2. The van der Waals surface area contributed by atoms with E-state index in [1.54, 1.807) is 0 Å². The molecule has 0 saturated heterocycles. The summed E-state index contributed by atoms with van der Waals surface area (Å²) in [4.78, 5) is 4.33. The molecule has 3 aromatic rings. The Morgan fingerprint density at radius 1 is 1.00 bits per heavy atom. The highest BCUT2D eigenvalue weighted by atomic mass is 14.8. The lowest BCUT2D eigenvalue weighted by atomic mass is 9.68. The normalized spacial score (nSPS) is 17.1. The first-order valence-electron chi connectivity index (χ1n) is 11.7. The predicted octanol–water partition coefficient (Wildman–Crippen LogP) is 7.94. The second-order valence-corrected chi connectivity index (χ2v) is 8.34. The Kier molecular flexibility index (Phi) is 6.74. The van der Waals surface area contributed by atoms with Crippen LogP contribution in [0.2, 0.25) is 0 Å². The summed E-state index contributed by atoms with van der Waals surface area (Å²) in [5.74, 6) is 0. The molecule has 1 atom stereocenters. The number of pyridine rings is 1. The number of rotatable bonds is 8. The Balaban J connectivity index is 2.10. The Morgan fingerprint density at radius 2 is 1.76 bits per heavy atom. The number of allylic oxidation sites excluding steroid dienone is 7. The third-order valence-corrected chi connectivity index (χ3v) is 6.48. The minimum absolute atomic E-state index is 0.335. The van der Waals surface area contributed by atoms with Crippen LogP contribution in [0, 0.1) is 0 Å². The van der Waals surface area contributed by atoms with Crippen LogP contribution in [-0.4, -0.2) is 12.0 Å². The van der Waals surface area contributed by atoms with Gasteiger partial charge in [0.1, 0.15) is 0 Å². The largest absolute Gasteiger partial charge is 0.388 e. The van der Waals surface area contributed by atoms with Gasteiger partial charge in [0.25, 0.3) is 0 Å². The van der Waals surface area contributed by atoms with E-state index in [0.29, 0.717) is 0 Å². The molecule has 0 saturated carbocycles. The number of benzene rings is 2. The van der Waals surface area contributed by atoms with Crippen molar-refractivity contribution in [3.63, 3.8) is 0 Å². The van der Waals surface area contributed by atoms with Gasteiger partial charge in [-0.15, -0.1) is 0 Å². The zero-order chi connectivity index (χ0) is 23.3. The molecule has 0 aliphatic heterocycles. The van der Waals surface area contributed by atoms with Crippen molar-refractivity contribution in [3.8, 4) is 11.1 Å². The van der Waals surface area contributed by atoms with Crippen LogP contribution in [0.5, 0.6) is 0 Å². The van der Waals surface area contributed by atoms with E-state index in [-0.39, 0.29) is 5.41 Å². The van der Waals surface area contributed by atoms with Gasteiger partial charge in [0.15, 0.2) is 0 Å². The zero-order valence-electron chi connectivity index (χ0n) is 19.8. The van der Waals surface area contributed by atoms with Gasteiger partial charge in [-0.05, 0) is 71.4 Å². The smallest absolute Gasteiger partial charge is 0.0506 e. The lowest BCUT2D eigenvalue weighted by molar-refractivity contribution is 0.642. The maximum absolute atomic E-state index is 4.48. The van der Waals surface area contributed by atoms with Crippen molar-refractivity contribution in [2.24, 2.45) is 0 Å². The van der Waals surface area contributed by atoms with E-state index < -0.39 is 0 Å². The van der Waals surface area contributed by atoms with Gasteiger partial charge in [0.2, 0.25) is 0 Å². The van der Waals surface area contributed by atoms with Gasteiger partial charge < -0.3 is 5.32 Å². The number of nitrogens with one attached hydrogen (secondary N) is 1. The fourth-order valence-corrected chi connectivity index (χ4v) is 5.13. The average molecular weight is 433 g/mol. The summed E-state index contributed by atoms with van der Waals surface area (Å²) in [6.45, 7) is 8.68. The molecule has 0 bridgehead atoms. The van der Waals surface area contributed by atoms with E-state index in [0.717, 1.165) is 24.1 Å². The molecule has 2 nitrogen and oxygen atoms in total. The summed E-state index contributed by atoms with van der Waals surface area (Å²) >= 11 is 0. The molecule has 1 N–H and O–H groups in total. The molecule has 0 amide bonds. The highest BCUT2D eigenvalue weighted by Gasteiger charge is 2.46. The second-order valence-electron chi connectivity index (χ2n) is 8.34. The molecule has 1 unspecified atom stereocenters. The number of hydrogen-bond donors (Lipinski definition) is 1. The third kappa shape index (κ3) is 3.87. The van der Waals surface area contributed by atoms with Gasteiger partial charge in [-0.2, -0.15) is 0 Å². The Hall–Kier alpha value is -3.65. The van der Waals surface area contributed by atoms with Crippen molar-refractivity contribution < 1.29 is 0 Å². The minimum atomic E-state index is -0.335. The Bertz CT molecular complexity index is 1230. The first-order chi connectivity index (χ1) is 16.2. The van der Waals surface area contributed by atoms with E-state index in [1.807, 2.05) is 26.4 Å². The lowest BCUT2D eigenvalue weighted by Gasteiger charge is -2.34. The van der Waals surface area contributed by atoms with Crippen molar-refractivity contribution in [2.45, 2.75) is 32.1 Å². The fourth-order valence-electron chi connectivity index (χ4n) is 5.13. The molecule has 2 heteroatoms. The summed E-state index contributed by atoms with van der Waals surface area (Å²) in [6.07, 6.45) is 18.7. The van der Waals surface area contributed by atoms with Crippen LogP contribution in [0.3, 0.4) is 0 Å². The first-order valence-corrected chi connectivity index (χ1v) is 11.7. The summed E-state index contributed by atoms with van der Waals surface area (Å²) in [6, 6.07) is 17.6. The van der Waals surface area contributed by atoms with Gasteiger partial charge in [0, 0.05) is 30.7 Å². The minimum Gasteiger partial charge on any atom is -0.388 e. The molecule has 4 rings (SSSR count). The predicted molar refractivity (Wildman–Crippen MR) is 143 cm³/mol. The van der Waals surface area contributed by atoms with E-state index in [2.05, 4.69) is 109 Å². The number of anilines is 1. The zero-order valence-corrected chi connectivity index (χ0v) is 19.8. The van der Waals surface area contributed by atoms with E-state index in [9.17, 15) is 0 Å². The molecule has 1 heterocycles. The standard InChI is InChI=1S/C31H32N2/c1-5-7-8-9-12-20-31(24-18-21-33-22-19-24)27-15-11-10-14-25(27)26-16-17-28(32-4)29(30(26)31)23(3)13-6-2/h6-19,21-22,32H,3,5,20H2,1-2,4H3/b8-7-,12-9-,13-6-. The van der Waals surface area contributed by atoms with E-state index in [4.69, 9.17) is 0 Å². The Morgan fingerprint density at radius 3 is 2.48 bits per heavy atom. The summed E-state index contributed by atoms with van der Waals surface area (Å²) in [7, 11) is 1.99. The van der Waals surface area contributed by atoms with Crippen LogP contribution in [0.1, 0.15) is 48.9 Å². The van der Waals surface area contributed by atoms with Gasteiger partial charge in [-0.25, -0.2) is 0 Å². The molecular weight excluding hydrogens is 400 g/mol. The molecule has 0 spiro atoms. The average Bonchev–Trinajstić information content (AvgIpc) is 3.14. The van der Waals surface area contributed by atoms with Crippen LogP contribution >= 0.6 is 0 Å². The molecule has 33 heavy (non-hydrogen) atoms. The monoisotopic (exact) mass is 432 g/mol. The molecule has 0 fully saturated rings. The lowest BCUT2D eigenvalue weighted by Crippen LogP contribution is -2.28. The van der Waals surface area contributed by atoms with E-state index >= 15 is 0 Å². The van der Waals surface area contributed by atoms with Crippen molar-refractivity contribution in [1.29, 1.82) is 0 Å². The second kappa shape index (κ2) is 9.87. The van der Waals surface area contributed by atoms with Crippen LogP contribution < -0.4 is 5.32 Å². The summed E-state index contributed by atoms with van der Waals surface area (Å²) in [5, 5.41) is 3.43. The highest BCUT2D eigenvalue weighted by Crippen LogP contribution is 2.57. The van der Waals surface area contributed by atoms with Gasteiger partial charge in [0.05, 0.1) is 5.41 Å². The number of fused-ring (bicyclic) bond motifs is 3. The van der Waals surface area contributed by atoms with Crippen molar-refractivity contribution in [2.75, 3.05) is 12.4 Å². The number of hydrogen-bond acceptors (Lipinski definition) is 2. The van der Waals surface area contributed by atoms with E-state index in [1.165, 1.54) is 33.4 Å².